The number of hydrogen-bond donors (Lipinski definition) is 1. The maximum Gasteiger partial charge on any atom is 0.240 e. The Balaban J connectivity index is 1.29. The Bertz CT molecular complexity index is 1430. The molecule has 1 saturated carbocycles. The molecule has 0 unspecified atom stereocenters. The Morgan fingerprint density at radius 3 is 2.62 bits per heavy atom. The SMILES string of the molecule is C#CCOc1cnc(/C(F)=C/c2cnc(F)c([C@@]3(C)N=C(N)S[C@@]4(C(=O)N5[C@H]6COC[C@H]5COC6)C[C@H]43)c2)cn1. The summed E-state index contributed by atoms with van der Waals surface area (Å²) in [5, 5.41) is 0.188. The Kier molecular flexibility index (Phi) is 6.72. The largest absolute Gasteiger partial charge is 0.463 e. The van der Waals surface area contributed by atoms with E-state index in [-0.39, 0.29) is 58.4 Å². The Morgan fingerprint density at radius 2 is 1.98 bits per heavy atom. The van der Waals surface area contributed by atoms with E-state index in [9.17, 15) is 4.79 Å². The number of ether oxygens (including phenoxy) is 3. The molecule has 3 fully saturated rings. The van der Waals surface area contributed by atoms with E-state index in [4.69, 9.17) is 26.4 Å². The van der Waals surface area contributed by atoms with E-state index < -0.39 is 22.1 Å². The van der Waals surface area contributed by atoms with Gasteiger partial charge >= 0.3 is 0 Å². The van der Waals surface area contributed by atoms with Crippen molar-refractivity contribution < 1.29 is 27.8 Å². The van der Waals surface area contributed by atoms with Crippen LogP contribution >= 0.6 is 11.8 Å². The summed E-state index contributed by atoms with van der Waals surface area (Å²) in [5.74, 6) is 0.603. The van der Waals surface area contributed by atoms with Crippen molar-refractivity contribution in [2.75, 3.05) is 33.0 Å². The minimum atomic E-state index is -1.18. The predicted molar refractivity (Wildman–Crippen MR) is 143 cm³/mol. The molecule has 2 aromatic heterocycles. The molecule has 4 aliphatic rings. The monoisotopic (exact) mass is 568 g/mol. The number of halogens is 2. The first kappa shape index (κ1) is 26.6. The quantitative estimate of drug-likeness (QED) is 0.412. The van der Waals surface area contributed by atoms with Gasteiger partial charge in [0.15, 0.2) is 17.6 Å². The second-order valence-electron chi connectivity index (χ2n) is 10.3. The highest BCUT2D eigenvalue weighted by atomic mass is 32.2. The summed E-state index contributed by atoms with van der Waals surface area (Å²) in [7, 11) is 0. The van der Waals surface area contributed by atoms with Crippen LogP contribution in [0, 0.1) is 24.2 Å². The molecule has 2 aromatic rings. The van der Waals surface area contributed by atoms with E-state index >= 15 is 8.78 Å². The van der Waals surface area contributed by atoms with Crippen molar-refractivity contribution in [2.45, 2.75) is 35.7 Å². The number of morpholine rings is 2. The lowest BCUT2D eigenvalue weighted by atomic mass is 9.85. The summed E-state index contributed by atoms with van der Waals surface area (Å²) in [5.41, 5.74) is 5.45. The Labute approximate surface area is 233 Å². The summed E-state index contributed by atoms with van der Waals surface area (Å²) < 4.78 is 45.9. The summed E-state index contributed by atoms with van der Waals surface area (Å²) in [6, 6.07) is 1.12. The minimum Gasteiger partial charge on any atom is -0.463 e. The van der Waals surface area contributed by atoms with Gasteiger partial charge in [-0.25, -0.2) is 19.3 Å². The zero-order chi connectivity index (χ0) is 28.1. The maximum absolute atomic E-state index is 15.3. The zero-order valence-corrected chi connectivity index (χ0v) is 22.4. The smallest absolute Gasteiger partial charge is 0.240 e. The Morgan fingerprint density at radius 1 is 1.25 bits per heavy atom. The first-order valence-corrected chi connectivity index (χ1v) is 13.5. The van der Waals surface area contributed by atoms with Gasteiger partial charge in [0.25, 0.3) is 0 Å². The third kappa shape index (κ3) is 4.49. The van der Waals surface area contributed by atoms with E-state index in [1.165, 1.54) is 42.5 Å². The van der Waals surface area contributed by atoms with Crippen LogP contribution in [-0.4, -0.2) is 80.8 Å². The average Bonchev–Trinajstić information content (AvgIpc) is 3.69. The third-order valence-electron chi connectivity index (χ3n) is 7.72. The van der Waals surface area contributed by atoms with Gasteiger partial charge in [-0.2, -0.15) is 4.39 Å². The molecule has 10 nitrogen and oxygen atoms in total. The van der Waals surface area contributed by atoms with Gasteiger partial charge in [-0.1, -0.05) is 17.7 Å². The molecule has 2 bridgehead atoms. The zero-order valence-electron chi connectivity index (χ0n) is 21.5. The summed E-state index contributed by atoms with van der Waals surface area (Å²) in [6.45, 7) is 3.36. The maximum atomic E-state index is 15.3. The molecule has 40 heavy (non-hydrogen) atoms. The topological polar surface area (TPSA) is 125 Å². The molecule has 2 N–H and O–H groups in total. The van der Waals surface area contributed by atoms with Gasteiger partial charge in [-0.05, 0) is 31.1 Å². The van der Waals surface area contributed by atoms with Crippen LogP contribution in [0.25, 0.3) is 11.9 Å². The van der Waals surface area contributed by atoms with Crippen molar-refractivity contribution in [3.63, 3.8) is 0 Å². The fraction of sp³-hybridized carbons (Fsp3) is 0.444. The van der Waals surface area contributed by atoms with Crippen LogP contribution in [0.4, 0.5) is 8.78 Å². The molecule has 1 aliphatic carbocycles. The molecular formula is C27H26F2N6O4S. The number of thioether (sulfide) groups is 1. The van der Waals surface area contributed by atoms with Crippen molar-refractivity contribution in [3.05, 3.63) is 47.4 Å². The van der Waals surface area contributed by atoms with Crippen LogP contribution in [0.1, 0.15) is 30.2 Å². The lowest BCUT2D eigenvalue weighted by Crippen LogP contribution is -2.64. The number of terminal acetylenes is 1. The second kappa shape index (κ2) is 10.1. The predicted octanol–water partition coefficient (Wildman–Crippen LogP) is 2.15. The normalized spacial score (nSPS) is 31.1. The summed E-state index contributed by atoms with van der Waals surface area (Å²) >= 11 is 1.23. The van der Waals surface area contributed by atoms with E-state index in [1.54, 1.807) is 6.92 Å². The number of amidine groups is 1. The van der Waals surface area contributed by atoms with Crippen molar-refractivity contribution in [3.8, 4) is 18.2 Å². The van der Waals surface area contributed by atoms with Crippen molar-refractivity contribution in [1.82, 2.24) is 19.9 Å². The van der Waals surface area contributed by atoms with Gasteiger partial charge in [0, 0.05) is 17.7 Å². The van der Waals surface area contributed by atoms with Crippen molar-refractivity contribution in [2.24, 2.45) is 16.6 Å². The molecule has 6 rings (SSSR count). The molecule has 0 radical (unpaired) electrons. The number of fused-ring (bicyclic) bond motifs is 3. The third-order valence-corrected chi connectivity index (χ3v) is 9.01. The molecule has 3 aliphatic heterocycles. The van der Waals surface area contributed by atoms with Crippen LogP contribution < -0.4 is 10.5 Å². The van der Waals surface area contributed by atoms with E-state index in [1.807, 2.05) is 4.90 Å². The molecule has 13 heteroatoms. The molecule has 2 saturated heterocycles. The Hall–Kier alpha value is -3.60. The van der Waals surface area contributed by atoms with Gasteiger partial charge in [0.1, 0.15) is 10.4 Å². The van der Waals surface area contributed by atoms with Crippen molar-refractivity contribution in [1.29, 1.82) is 0 Å². The number of nitrogens with zero attached hydrogens (tertiary/aromatic N) is 5. The van der Waals surface area contributed by atoms with Gasteiger partial charge in [0.05, 0.1) is 56.4 Å². The van der Waals surface area contributed by atoms with Gasteiger partial charge in [-0.15, -0.1) is 6.42 Å². The molecule has 0 aromatic carbocycles. The standard InChI is InChI=1S/C27H26F2N6O4S/c1-3-4-39-22-10-31-20(9-32-22)19(28)6-15-5-18(23(29)33-8-15)26(2)21-7-27(21,40-25(30)34-26)24(36)35-16-11-37-13-17(35)14-38-12-16/h1,5-6,8-10,16-17,21H,4,7,11-14H2,2H3,(H2,30,34)/b19-6-/t16-,17-,21-,26+,27-/m0/s1. The minimum absolute atomic E-state index is 0.0105. The van der Waals surface area contributed by atoms with Gasteiger partial charge < -0.3 is 24.8 Å². The molecule has 208 valence electrons. The van der Waals surface area contributed by atoms with Crippen LogP contribution in [0.3, 0.4) is 0 Å². The first-order valence-electron chi connectivity index (χ1n) is 12.7. The van der Waals surface area contributed by atoms with Crippen molar-refractivity contribution >= 4 is 34.7 Å². The lowest BCUT2D eigenvalue weighted by Gasteiger charge is -2.47. The molecule has 0 spiro atoms. The molecule has 5 heterocycles. The molecule has 3 atom stereocenters. The molecule has 1 amide bonds. The number of hydrogen-bond acceptors (Lipinski definition) is 10. The van der Waals surface area contributed by atoms with Crippen LogP contribution in [0.2, 0.25) is 0 Å². The second-order valence-corrected chi connectivity index (χ2v) is 11.6. The van der Waals surface area contributed by atoms with Crippen LogP contribution in [0.5, 0.6) is 5.88 Å². The van der Waals surface area contributed by atoms with E-state index in [0.717, 1.165) is 0 Å². The number of amides is 1. The number of carbonyl (C=O) groups excluding carboxylic acids is 1. The number of carbonyl (C=O) groups is 1. The van der Waals surface area contributed by atoms with Crippen LogP contribution in [-0.2, 0) is 19.8 Å². The molecular weight excluding hydrogens is 542 g/mol. The van der Waals surface area contributed by atoms with E-state index in [2.05, 4.69) is 25.9 Å². The summed E-state index contributed by atoms with van der Waals surface area (Å²) in [4.78, 5) is 32.4. The number of rotatable bonds is 6. The number of aliphatic imine (C=N–C) groups is 1. The van der Waals surface area contributed by atoms with E-state index in [0.29, 0.717) is 32.8 Å². The number of aromatic nitrogens is 3. The highest BCUT2D eigenvalue weighted by Crippen LogP contribution is 2.66. The number of pyridine rings is 1. The van der Waals surface area contributed by atoms with Crippen LogP contribution in [0.15, 0.2) is 29.6 Å². The van der Waals surface area contributed by atoms with Gasteiger partial charge in [0.2, 0.25) is 17.7 Å². The van der Waals surface area contributed by atoms with Gasteiger partial charge in [-0.3, -0.25) is 9.79 Å². The fourth-order valence-electron chi connectivity index (χ4n) is 5.75. The highest BCUT2D eigenvalue weighted by Gasteiger charge is 2.72. The fourth-order valence-corrected chi connectivity index (χ4v) is 7.17. The number of nitrogens with two attached hydrogens (primary N) is 1. The summed E-state index contributed by atoms with van der Waals surface area (Å²) in [6.07, 6.45) is 10.5. The lowest BCUT2D eigenvalue weighted by molar-refractivity contribution is -0.168. The first-order chi connectivity index (χ1) is 19.2. The highest BCUT2D eigenvalue weighted by molar-refractivity contribution is 8.15. The average molecular weight is 569 g/mol.